The maximum absolute atomic E-state index is 12.3. The lowest BCUT2D eigenvalue weighted by Gasteiger charge is -2.22. The lowest BCUT2D eigenvalue weighted by atomic mass is 9.95. The van der Waals surface area contributed by atoms with Gasteiger partial charge in [-0.2, -0.15) is 0 Å². The molecule has 1 amide bonds. The fourth-order valence-electron chi connectivity index (χ4n) is 3.25. The van der Waals surface area contributed by atoms with Crippen molar-refractivity contribution >= 4 is 17.1 Å². The van der Waals surface area contributed by atoms with Crippen LogP contribution in [0.4, 0.5) is 0 Å². The summed E-state index contributed by atoms with van der Waals surface area (Å²) in [6.07, 6.45) is 7.11. The van der Waals surface area contributed by atoms with Gasteiger partial charge in [-0.1, -0.05) is 19.3 Å². The van der Waals surface area contributed by atoms with Gasteiger partial charge in [0, 0.05) is 20.1 Å². The Kier molecular flexibility index (Phi) is 4.06. The Bertz CT molecular complexity index is 854. The molecule has 1 fully saturated rings. The molecule has 1 aliphatic rings. The standard InChI is InChI=1S/C15H21N5O3/c1-18-13-12(14(22)19(2)15(18)23)20(9-16-13)8-11(21)17-10-6-4-3-5-7-10/h9-10H,3-8H2,1-2H3,(H,17,21)/p+1. The number of H-pyrrole nitrogens is 1. The molecule has 0 aromatic carbocycles. The monoisotopic (exact) mass is 320 g/mol. The van der Waals surface area contributed by atoms with Crippen molar-refractivity contribution in [2.24, 2.45) is 14.1 Å². The van der Waals surface area contributed by atoms with E-state index in [9.17, 15) is 14.4 Å². The topological polar surface area (TPSA) is 92.8 Å². The minimum absolute atomic E-state index is 0.0595. The number of carbonyl (C=O) groups excluding carboxylic acids is 1. The number of fused-ring (bicyclic) bond motifs is 1. The third kappa shape index (κ3) is 2.80. The van der Waals surface area contributed by atoms with Gasteiger partial charge >= 0.3 is 11.2 Å². The van der Waals surface area contributed by atoms with Crippen molar-refractivity contribution in [3.63, 3.8) is 0 Å². The number of nitrogens with zero attached hydrogens (tertiary/aromatic N) is 3. The summed E-state index contributed by atoms with van der Waals surface area (Å²) in [6.45, 7) is 0.0595. The van der Waals surface area contributed by atoms with Crippen molar-refractivity contribution in [3.05, 3.63) is 27.2 Å². The highest BCUT2D eigenvalue weighted by Crippen LogP contribution is 2.17. The third-order valence-electron chi connectivity index (χ3n) is 4.57. The molecule has 1 aliphatic carbocycles. The van der Waals surface area contributed by atoms with Crippen LogP contribution in [0.15, 0.2) is 15.9 Å². The molecule has 0 bridgehead atoms. The molecule has 0 atom stereocenters. The Balaban J connectivity index is 1.87. The van der Waals surface area contributed by atoms with E-state index in [1.165, 1.54) is 18.0 Å². The van der Waals surface area contributed by atoms with E-state index in [-0.39, 0.29) is 18.5 Å². The molecule has 124 valence electrons. The second-order valence-electron chi connectivity index (χ2n) is 6.21. The summed E-state index contributed by atoms with van der Waals surface area (Å²) in [5, 5.41) is 3.03. The van der Waals surface area contributed by atoms with Crippen LogP contribution < -0.4 is 21.1 Å². The van der Waals surface area contributed by atoms with Crippen molar-refractivity contribution in [1.82, 2.24) is 19.4 Å². The van der Waals surface area contributed by atoms with Gasteiger partial charge in [0.25, 0.3) is 17.1 Å². The molecule has 0 spiro atoms. The summed E-state index contributed by atoms with van der Waals surface area (Å²) < 4.78 is 3.98. The minimum atomic E-state index is -0.408. The van der Waals surface area contributed by atoms with Gasteiger partial charge in [-0.3, -0.25) is 18.7 Å². The number of amides is 1. The van der Waals surface area contributed by atoms with Gasteiger partial charge in [0.15, 0.2) is 6.54 Å². The number of aryl methyl sites for hydroxylation is 1. The van der Waals surface area contributed by atoms with Gasteiger partial charge in [0.05, 0.1) is 0 Å². The van der Waals surface area contributed by atoms with Gasteiger partial charge in [-0.25, -0.2) is 14.3 Å². The van der Waals surface area contributed by atoms with E-state index in [2.05, 4.69) is 10.3 Å². The molecule has 2 aromatic heterocycles. The van der Waals surface area contributed by atoms with Gasteiger partial charge in [0.2, 0.25) is 6.33 Å². The Morgan fingerprint density at radius 1 is 1.26 bits per heavy atom. The molecule has 0 aliphatic heterocycles. The van der Waals surface area contributed by atoms with Crippen LogP contribution in [-0.4, -0.2) is 26.1 Å². The van der Waals surface area contributed by atoms with E-state index in [0.717, 1.165) is 30.3 Å². The number of rotatable bonds is 3. The zero-order valence-corrected chi connectivity index (χ0v) is 13.5. The van der Waals surface area contributed by atoms with Gasteiger partial charge < -0.3 is 5.32 Å². The quantitative estimate of drug-likeness (QED) is 0.733. The molecule has 1 saturated carbocycles. The van der Waals surface area contributed by atoms with E-state index in [0.29, 0.717) is 11.2 Å². The normalized spacial score (nSPS) is 15.9. The van der Waals surface area contributed by atoms with E-state index < -0.39 is 11.2 Å². The summed E-state index contributed by atoms with van der Waals surface area (Å²) in [5.74, 6) is -0.112. The van der Waals surface area contributed by atoms with Crippen LogP contribution in [0.1, 0.15) is 32.1 Å². The first kappa shape index (κ1) is 15.5. The van der Waals surface area contributed by atoms with Crippen molar-refractivity contribution < 1.29 is 9.36 Å². The van der Waals surface area contributed by atoms with E-state index in [1.807, 2.05) is 0 Å². The number of carbonyl (C=O) groups is 1. The van der Waals surface area contributed by atoms with Gasteiger partial charge in [-0.05, 0) is 12.8 Å². The number of aromatic nitrogens is 4. The Morgan fingerprint density at radius 3 is 2.65 bits per heavy atom. The van der Waals surface area contributed by atoms with Crippen LogP contribution in [0.2, 0.25) is 0 Å². The molecule has 0 unspecified atom stereocenters. The first-order valence-electron chi connectivity index (χ1n) is 7.95. The molecular weight excluding hydrogens is 298 g/mol. The second-order valence-corrected chi connectivity index (χ2v) is 6.21. The minimum Gasteiger partial charge on any atom is -0.350 e. The summed E-state index contributed by atoms with van der Waals surface area (Å²) in [6, 6.07) is 0.231. The average molecular weight is 320 g/mol. The van der Waals surface area contributed by atoms with Crippen LogP contribution in [0.3, 0.4) is 0 Å². The summed E-state index contributed by atoms with van der Waals surface area (Å²) in [7, 11) is 3.02. The summed E-state index contributed by atoms with van der Waals surface area (Å²) in [4.78, 5) is 39.4. The van der Waals surface area contributed by atoms with Crippen LogP contribution in [0, 0.1) is 0 Å². The van der Waals surface area contributed by atoms with E-state index in [4.69, 9.17) is 0 Å². The van der Waals surface area contributed by atoms with Gasteiger partial charge in [0.1, 0.15) is 0 Å². The van der Waals surface area contributed by atoms with Crippen molar-refractivity contribution in [1.29, 1.82) is 0 Å². The average Bonchev–Trinajstić information content (AvgIpc) is 2.95. The highest BCUT2D eigenvalue weighted by Gasteiger charge is 2.23. The number of hydrogen-bond acceptors (Lipinski definition) is 3. The zero-order chi connectivity index (χ0) is 16.6. The second kappa shape index (κ2) is 6.02. The molecule has 8 heteroatoms. The predicted molar refractivity (Wildman–Crippen MR) is 84.0 cm³/mol. The SMILES string of the molecule is Cn1c(=O)c2c([nH]c[n+]2CC(=O)NC2CCCCC2)n(C)c1=O. The maximum atomic E-state index is 12.3. The van der Waals surface area contributed by atoms with Crippen molar-refractivity contribution in [2.45, 2.75) is 44.7 Å². The molecule has 8 nitrogen and oxygen atoms in total. The van der Waals surface area contributed by atoms with Crippen LogP contribution >= 0.6 is 0 Å². The molecule has 2 aromatic rings. The molecule has 3 rings (SSSR count). The van der Waals surface area contributed by atoms with Crippen LogP contribution in [0.5, 0.6) is 0 Å². The molecular formula is C15H22N5O3+. The van der Waals surface area contributed by atoms with Crippen LogP contribution in [0.25, 0.3) is 11.2 Å². The molecule has 23 heavy (non-hydrogen) atoms. The van der Waals surface area contributed by atoms with Crippen LogP contribution in [-0.2, 0) is 25.4 Å². The number of nitrogens with one attached hydrogen (secondary N) is 2. The maximum Gasteiger partial charge on any atom is 0.333 e. The lowest BCUT2D eigenvalue weighted by molar-refractivity contribution is -0.659. The summed E-state index contributed by atoms with van der Waals surface area (Å²) in [5.41, 5.74) is -0.0602. The molecule has 0 radical (unpaired) electrons. The third-order valence-corrected chi connectivity index (χ3v) is 4.57. The fraction of sp³-hybridized carbons (Fsp3) is 0.600. The smallest absolute Gasteiger partial charge is 0.333 e. The molecule has 2 N–H and O–H groups in total. The highest BCUT2D eigenvalue weighted by molar-refractivity contribution is 5.75. The largest absolute Gasteiger partial charge is 0.350 e. The van der Waals surface area contributed by atoms with E-state index in [1.54, 1.807) is 17.9 Å². The Labute approximate surface area is 132 Å². The zero-order valence-electron chi connectivity index (χ0n) is 13.5. The number of aromatic amines is 1. The molecule has 0 saturated heterocycles. The predicted octanol–water partition coefficient (Wildman–Crippen LogP) is -0.698. The van der Waals surface area contributed by atoms with E-state index >= 15 is 0 Å². The fourth-order valence-corrected chi connectivity index (χ4v) is 3.25. The summed E-state index contributed by atoms with van der Waals surface area (Å²) >= 11 is 0. The Morgan fingerprint density at radius 2 is 1.96 bits per heavy atom. The van der Waals surface area contributed by atoms with Crippen molar-refractivity contribution in [3.8, 4) is 0 Å². The lowest BCUT2D eigenvalue weighted by Crippen LogP contribution is -2.49. The molecule has 2 heterocycles. The first-order valence-corrected chi connectivity index (χ1v) is 7.95. The Hall–Kier alpha value is -2.38. The number of imidazole rings is 1. The first-order chi connectivity index (χ1) is 11.0. The van der Waals surface area contributed by atoms with Crippen molar-refractivity contribution in [2.75, 3.05) is 0 Å². The number of hydrogen-bond donors (Lipinski definition) is 2. The van der Waals surface area contributed by atoms with Gasteiger partial charge in [-0.15, -0.1) is 0 Å². The highest BCUT2D eigenvalue weighted by atomic mass is 16.2.